The number of hydrogen-bond acceptors (Lipinski definition) is 6. The number of rotatable bonds is 5. The third-order valence-electron chi connectivity index (χ3n) is 4.17. The lowest BCUT2D eigenvalue weighted by atomic mass is 10.2. The van der Waals surface area contributed by atoms with E-state index < -0.39 is 0 Å². The maximum Gasteiger partial charge on any atom is 0.267 e. The van der Waals surface area contributed by atoms with E-state index in [1.165, 1.54) is 11.3 Å². The molecule has 3 heterocycles. The first-order valence-corrected chi connectivity index (χ1v) is 9.58. The maximum absolute atomic E-state index is 12.7. The van der Waals surface area contributed by atoms with E-state index in [1.807, 2.05) is 37.3 Å². The van der Waals surface area contributed by atoms with Gasteiger partial charge in [0.25, 0.3) is 5.91 Å². The van der Waals surface area contributed by atoms with Crippen molar-refractivity contribution < 1.29 is 14.3 Å². The molecule has 0 aliphatic carbocycles. The van der Waals surface area contributed by atoms with Crippen LogP contribution in [0.4, 0.5) is 5.69 Å². The normalized spacial score (nSPS) is 12.6. The van der Waals surface area contributed by atoms with Crippen LogP contribution in [0.15, 0.2) is 42.6 Å². The van der Waals surface area contributed by atoms with Crippen molar-refractivity contribution in [2.45, 2.75) is 19.8 Å². The molecule has 1 N–H and O–H groups in total. The largest absolute Gasteiger partial charge is 0.486 e. The van der Waals surface area contributed by atoms with Crippen LogP contribution in [-0.4, -0.2) is 29.1 Å². The van der Waals surface area contributed by atoms with E-state index in [0.29, 0.717) is 35.3 Å². The SMILES string of the molecule is Cc1nc(CCc2ccccn2)sc1C(=O)Nc1ccc2c(c1)OCCO2. The Bertz CT molecular complexity index is 956. The Morgan fingerprint density at radius 3 is 2.81 bits per heavy atom. The third-order valence-corrected chi connectivity index (χ3v) is 5.38. The van der Waals surface area contributed by atoms with Crippen LogP contribution >= 0.6 is 11.3 Å². The smallest absolute Gasteiger partial charge is 0.267 e. The molecule has 1 aliphatic rings. The van der Waals surface area contributed by atoms with Gasteiger partial charge in [0.1, 0.15) is 18.1 Å². The van der Waals surface area contributed by atoms with Crippen molar-refractivity contribution in [1.82, 2.24) is 9.97 Å². The molecule has 7 heteroatoms. The first kappa shape index (κ1) is 17.5. The van der Waals surface area contributed by atoms with Gasteiger partial charge in [0.2, 0.25) is 0 Å². The number of carbonyl (C=O) groups is 1. The topological polar surface area (TPSA) is 73.3 Å². The molecule has 0 saturated heterocycles. The van der Waals surface area contributed by atoms with Gasteiger partial charge >= 0.3 is 0 Å². The second-order valence-corrected chi connectivity index (χ2v) is 7.24. The highest BCUT2D eigenvalue weighted by Gasteiger charge is 2.17. The fourth-order valence-electron chi connectivity index (χ4n) is 2.86. The van der Waals surface area contributed by atoms with Crippen molar-refractivity contribution in [3.63, 3.8) is 0 Å². The van der Waals surface area contributed by atoms with Crippen LogP contribution in [-0.2, 0) is 12.8 Å². The quantitative estimate of drug-likeness (QED) is 0.730. The zero-order chi connectivity index (χ0) is 18.6. The molecule has 0 atom stereocenters. The van der Waals surface area contributed by atoms with Crippen molar-refractivity contribution in [1.29, 1.82) is 0 Å². The molecule has 0 saturated carbocycles. The summed E-state index contributed by atoms with van der Waals surface area (Å²) in [6.45, 7) is 2.91. The summed E-state index contributed by atoms with van der Waals surface area (Å²) in [6.07, 6.45) is 3.35. The first-order chi connectivity index (χ1) is 13.2. The lowest BCUT2D eigenvalue weighted by Gasteiger charge is -2.18. The summed E-state index contributed by atoms with van der Waals surface area (Å²) in [6, 6.07) is 11.3. The first-order valence-electron chi connectivity index (χ1n) is 8.76. The highest BCUT2D eigenvalue weighted by molar-refractivity contribution is 7.13. The number of thiazole rings is 1. The van der Waals surface area contributed by atoms with Gasteiger partial charge in [0.05, 0.1) is 10.7 Å². The number of fused-ring (bicyclic) bond motifs is 1. The minimum absolute atomic E-state index is 0.161. The molecule has 0 radical (unpaired) electrons. The van der Waals surface area contributed by atoms with E-state index in [2.05, 4.69) is 15.3 Å². The predicted octanol–water partition coefficient (Wildman–Crippen LogP) is 3.66. The van der Waals surface area contributed by atoms with Crippen LogP contribution in [0.1, 0.15) is 26.1 Å². The zero-order valence-electron chi connectivity index (χ0n) is 14.9. The lowest BCUT2D eigenvalue weighted by molar-refractivity contribution is 0.102. The molecular formula is C20H19N3O3S. The van der Waals surface area contributed by atoms with Crippen LogP contribution < -0.4 is 14.8 Å². The summed E-state index contributed by atoms with van der Waals surface area (Å²) in [5, 5.41) is 3.86. The number of ether oxygens (including phenoxy) is 2. The molecule has 1 amide bonds. The van der Waals surface area contributed by atoms with E-state index in [1.54, 1.807) is 12.3 Å². The Balaban J connectivity index is 1.43. The molecule has 1 aromatic carbocycles. The molecule has 0 bridgehead atoms. The fourth-order valence-corrected chi connectivity index (χ4v) is 3.82. The number of benzene rings is 1. The standard InChI is InChI=1S/C20H19N3O3S/c1-13-19(27-18(22-13)8-6-14-4-2-3-9-21-14)20(24)23-15-5-7-16-17(12-15)26-11-10-25-16/h2-5,7,9,12H,6,8,10-11H2,1H3,(H,23,24). The summed E-state index contributed by atoms with van der Waals surface area (Å²) in [5.41, 5.74) is 2.44. The Hall–Kier alpha value is -2.93. The number of aromatic nitrogens is 2. The van der Waals surface area contributed by atoms with E-state index >= 15 is 0 Å². The molecule has 2 aromatic heterocycles. The summed E-state index contributed by atoms with van der Waals surface area (Å²) in [4.78, 5) is 22.2. The average Bonchev–Trinajstić information content (AvgIpc) is 3.08. The van der Waals surface area contributed by atoms with Crippen LogP contribution in [0, 0.1) is 6.92 Å². The Morgan fingerprint density at radius 2 is 2.00 bits per heavy atom. The van der Waals surface area contributed by atoms with E-state index in [-0.39, 0.29) is 5.91 Å². The molecular weight excluding hydrogens is 362 g/mol. The average molecular weight is 381 g/mol. The summed E-state index contributed by atoms with van der Waals surface area (Å²) in [7, 11) is 0. The van der Waals surface area contributed by atoms with E-state index in [9.17, 15) is 4.79 Å². The van der Waals surface area contributed by atoms with Crippen molar-refractivity contribution >= 4 is 22.9 Å². The number of carbonyl (C=O) groups excluding carboxylic acids is 1. The van der Waals surface area contributed by atoms with Gasteiger partial charge in [-0.05, 0) is 37.6 Å². The van der Waals surface area contributed by atoms with E-state index in [4.69, 9.17) is 9.47 Å². The molecule has 4 rings (SSSR count). The lowest BCUT2D eigenvalue weighted by Crippen LogP contribution is -2.16. The van der Waals surface area contributed by atoms with Crippen LogP contribution in [0.2, 0.25) is 0 Å². The van der Waals surface area contributed by atoms with Crippen molar-refractivity contribution in [2.75, 3.05) is 18.5 Å². The number of anilines is 1. The molecule has 3 aromatic rings. The van der Waals surface area contributed by atoms with Crippen molar-refractivity contribution in [3.8, 4) is 11.5 Å². The van der Waals surface area contributed by atoms with Crippen LogP contribution in [0.5, 0.6) is 11.5 Å². The molecule has 1 aliphatic heterocycles. The van der Waals surface area contributed by atoms with Gasteiger partial charge in [0, 0.05) is 30.1 Å². The molecule has 27 heavy (non-hydrogen) atoms. The Morgan fingerprint density at radius 1 is 1.15 bits per heavy atom. The fraction of sp³-hybridized carbons (Fsp3) is 0.250. The number of hydrogen-bond donors (Lipinski definition) is 1. The second-order valence-electron chi connectivity index (χ2n) is 6.16. The summed E-state index contributed by atoms with van der Waals surface area (Å²) in [5.74, 6) is 1.19. The molecule has 0 unspecified atom stereocenters. The van der Waals surface area contributed by atoms with Crippen LogP contribution in [0.25, 0.3) is 0 Å². The van der Waals surface area contributed by atoms with Gasteiger partial charge in [-0.1, -0.05) is 6.07 Å². The molecule has 138 valence electrons. The number of pyridine rings is 1. The molecule has 0 fully saturated rings. The number of amides is 1. The summed E-state index contributed by atoms with van der Waals surface area (Å²) >= 11 is 1.43. The minimum Gasteiger partial charge on any atom is -0.486 e. The Labute approximate surface area is 161 Å². The predicted molar refractivity (Wildman–Crippen MR) is 104 cm³/mol. The third kappa shape index (κ3) is 4.09. The number of aryl methyl sites for hydroxylation is 3. The number of nitrogens with zero attached hydrogens (tertiary/aromatic N) is 2. The molecule has 6 nitrogen and oxygen atoms in total. The highest BCUT2D eigenvalue weighted by Crippen LogP contribution is 2.33. The van der Waals surface area contributed by atoms with Gasteiger partial charge < -0.3 is 14.8 Å². The summed E-state index contributed by atoms with van der Waals surface area (Å²) < 4.78 is 11.1. The van der Waals surface area contributed by atoms with Crippen molar-refractivity contribution in [3.05, 3.63) is 63.9 Å². The number of nitrogens with one attached hydrogen (secondary N) is 1. The van der Waals surface area contributed by atoms with Gasteiger partial charge in [-0.25, -0.2) is 4.98 Å². The van der Waals surface area contributed by atoms with Gasteiger partial charge in [-0.15, -0.1) is 11.3 Å². The van der Waals surface area contributed by atoms with Crippen molar-refractivity contribution in [2.24, 2.45) is 0 Å². The van der Waals surface area contributed by atoms with Gasteiger partial charge in [0.15, 0.2) is 11.5 Å². The maximum atomic E-state index is 12.7. The Kier molecular flexibility index (Phi) is 5.02. The molecule has 0 spiro atoms. The second kappa shape index (κ2) is 7.75. The van der Waals surface area contributed by atoms with E-state index in [0.717, 1.165) is 29.2 Å². The monoisotopic (exact) mass is 381 g/mol. The van der Waals surface area contributed by atoms with Gasteiger partial charge in [-0.3, -0.25) is 9.78 Å². The minimum atomic E-state index is -0.161. The highest BCUT2D eigenvalue weighted by atomic mass is 32.1. The zero-order valence-corrected chi connectivity index (χ0v) is 15.7. The van der Waals surface area contributed by atoms with Crippen LogP contribution in [0.3, 0.4) is 0 Å². The van der Waals surface area contributed by atoms with Gasteiger partial charge in [-0.2, -0.15) is 0 Å².